The molecule has 3 aromatic rings. The molecular weight excluding hydrogens is 240 g/mol. The molecule has 0 saturated carbocycles. The van der Waals surface area contributed by atoms with Gasteiger partial charge in [-0.05, 0) is 41.7 Å². The fraction of sp³-hybridized carbons (Fsp3) is 0.100. The van der Waals surface area contributed by atoms with Gasteiger partial charge in [0.2, 0.25) is 0 Å². The molecule has 0 atom stereocenters. The van der Waals surface area contributed by atoms with E-state index in [0.717, 1.165) is 0 Å². The van der Waals surface area contributed by atoms with Crippen molar-refractivity contribution in [1.82, 2.24) is 0 Å². The summed E-state index contributed by atoms with van der Waals surface area (Å²) >= 11 is 0. The maximum Gasteiger partial charge on any atom is -0.0154 e. The van der Waals surface area contributed by atoms with Crippen LogP contribution in [0.15, 0.2) is 72.8 Å². The Morgan fingerprint density at radius 1 is 0.550 bits per heavy atom. The molecule has 0 fully saturated rings. The molecule has 3 aromatic carbocycles. The number of rotatable bonds is 2. The van der Waals surface area contributed by atoms with Crippen LogP contribution in [0.3, 0.4) is 0 Å². The molecule has 0 radical (unpaired) electrons. The van der Waals surface area contributed by atoms with Gasteiger partial charge in [-0.1, -0.05) is 78.4 Å². The van der Waals surface area contributed by atoms with Crippen molar-refractivity contribution < 1.29 is 0 Å². The Bertz CT molecular complexity index is 724. The first kappa shape index (κ1) is 12.7. The van der Waals surface area contributed by atoms with Gasteiger partial charge in [-0.3, -0.25) is 0 Å². The van der Waals surface area contributed by atoms with Crippen molar-refractivity contribution >= 4 is 0 Å². The van der Waals surface area contributed by atoms with Gasteiger partial charge in [0.25, 0.3) is 0 Å². The van der Waals surface area contributed by atoms with Crippen LogP contribution in [0.25, 0.3) is 22.3 Å². The van der Waals surface area contributed by atoms with Crippen molar-refractivity contribution in [3.05, 3.63) is 83.9 Å². The number of hydrogen-bond acceptors (Lipinski definition) is 0. The average Bonchev–Trinajstić information content (AvgIpc) is 2.48. The standard InChI is InChI=1S/C20H18/c1-15-7-6-10-19(13-15)20-12-11-18(14-16(20)2)17-8-4-3-5-9-17/h3-14H,1-2H3. The minimum Gasteiger partial charge on any atom is -0.0622 e. The molecule has 0 aliphatic rings. The van der Waals surface area contributed by atoms with Crippen LogP contribution in [0.4, 0.5) is 0 Å². The van der Waals surface area contributed by atoms with Gasteiger partial charge in [-0.2, -0.15) is 0 Å². The second-order valence-corrected chi connectivity index (χ2v) is 5.27. The predicted molar refractivity (Wildman–Crippen MR) is 86.8 cm³/mol. The summed E-state index contributed by atoms with van der Waals surface area (Å²) in [6.07, 6.45) is 0. The molecule has 3 rings (SSSR count). The zero-order valence-electron chi connectivity index (χ0n) is 11.9. The van der Waals surface area contributed by atoms with Gasteiger partial charge in [0, 0.05) is 0 Å². The molecular formula is C20H18. The van der Waals surface area contributed by atoms with E-state index in [1.165, 1.54) is 33.4 Å². The van der Waals surface area contributed by atoms with Gasteiger partial charge in [-0.25, -0.2) is 0 Å². The van der Waals surface area contributed by atoms with Gasteiger partial charge in [0.1, 0.15) is 0 Å². The van der Waals surface area contributed by atoms with E-state index in [4.69, 9.17) is 0 Å². The Balaban J connectivity index is 2.04. The molecule has 20 heavy (non-hydrogen) atoms. The minimum atomic E-state index is 1.27. The predicted octanol–water partition coefficient (Wildman–Crippen LogP) is 5.64. The highest BCUT2D eigenvalue weighted by atomic mass is 14.1. The molecule has 0 amide bonds. The Morgan fingerprint density at radius 2 is 1.30 bits per heavy atom. The number of hydrogen-bond donors (Lipinski definition) is 0. The average molecular weight is 258 g/mol. The minimum absolute atomic E-state index is 1.27. The molecule has 0 heteroatoms. The zero-order valence-corrected chi connectivity index (χ0v) is 11.9. The van der Waals surface area contributed by atoms with Crippen molar-refractivity contribution in [3.63, 3.8) is 0 Å². The van der Waals surface area contributed by atoms with Gasteiger partial charge in [0.05, 0.1) is 0 Å². The van der Waals surface area contributed by atoms with E-state index in [0.29, 0.717) is 0 Å². The second-order valence-electron chi connectivity index (χ2n) is 5.27. The van der Waals surface area contributed by atoms with Crippen molar-refractivity contribution in [2.45, 2.75) is 13.8 Å². The largest absolute Gasteiger partial charge is 0.0622 e. The first-order valence-electron chi connectivity index (χ1n) is 6.97. The molecule has 0 aliphatic heterocycles. The Labute approximate surface area is 120 Å². The van der Waals surface area contributed by atoms with E-state index in [-0.39, 0.29) is 0 Å². The lowest BCUT2D eigenvalue weighted by molar-refractivity contribution is 1.42. The van der Waals surface area contributed by atoms with E-state index in [2.05, 4.69) is 86.6 Å². The van der Waals surface area contributed by atoms with Gasteiger partial charge in [0.15, 0.2) is 0 Å². The fourth-order valence-corrected chi connectivity index (χ4v) is 2.61. The summed E-state index contributed by atoms with van der Waals surface area (Å²) < 4.78 is 0. The summed E-state index contributed by atoms with van der Waals surface area (Å²) in [7, 11) is 0. The summed E-state index contributed by atoms with van der Waals surface area (Å²) in [5, 5.41) is 0. The van der Waals surface area contributed by atoms with E-state index in [9.17, 15) is 0 Å². The summed E-state index contributed by atoms with van der Waals surface area (Å²) in [5.41, 5.74) is 7.77. The highest BCUT2D eigenvalue weighted by Gasteiger charge is 2.04. The third-order valence-corrected chi connectivity index (χ3v) is 3.66. The smallest absolute Gasteiger partial charge is 0.0154 e. The lowest BCUT2D eigenvalue weighted by Gasteiger charge is -2.10. The lowest BCUT2D eigenvalue weighted by atomic mass is 9.95. The van der Waals surface area contributed by atoms with Gasteiger partial charge in [-0.15, -0.1) is 0 Å². The molecule has 0 nitrogen and oxygen atoms in total. The lowest BCUT2D eigenvalue weighted by Crippen LogP contribution is -1.86. The second kappa shape index (κ2) is 5.34. The van der Waals surface area contributed by atoms with Crippen LogP contribution in [0.2, 0.25) is 0 Å². The van der Waals surface area contributed by atoms with E-state index in [1.807, 2.05) is 0 Å². The van der Waals surface area contributed by atoms with Crippen LogP contribution in [-0.2, 0) is 0 Å². The van der Waals surface area contributed by atoms with Crippen molar-refractivity contribution in [1.29, 1.82) is 0 Å². The highest BCUT2D eigenvalue weighted by molar-refractivity contribution is 5.73. The summed E-state index contributed by atoms with van der Waals surface area (Å²) in [6.45, 7) is 4.32. The molecule has 98 valence electrons. The third kappa shape index (κ3) is 2.50. The van der Waals surface area contributed by atoms with Crippen LogP contribution >= 0.6 is 0 Å². The summed E-state index contributed by atoms with van der Waals surface area (Å²) in [6, 6.07) is 25.9. The molecule has 0 saturated heterocycles. The molecule has 0 unspecified atom stereocenters. The quantitative estimate of drug-likeness (QED) is 0.558. The number of benzene rings is 3. The SMILES string of the molecule is Cc1cccc(-c2ccc(-c3ccccc3)cc2C)c1. The van der Waals surface area contributed by atoms with E-state index in [1.54, 1.807) is 0 Å². The highest BCUT2D eigenvalue weighted by Crippen LogP contribution is 2.28. The van der Waals surface area contributed by atoms with E-state index < -0.39 is 0 Å². The van der Waals surface area contributed by atoms with Crippen LogP contribution in [0.1, 0.15) is 11.1 Å². The van der Waals surface area contributed by atoms with Gasteiger partial charge < -0.3 is 0 Å². The van der Waals surface area contributed by atoms with Crippen LogP contribution in [0.5, 0.6) is 0 Å². The maximum absolute atomic E-state index is 2.27. The normalized spacial score (nSPS) is 10.5. The maximum atomic E-state index is 2.27. The van der Waals surface area contributed by atoms with Crippen molar-refractivity contribution in [2.75, 3.05) is 0 Å². The van der Waals surface area contributed by atoms with Crippen LogP contribution in [-0.4, -0.2) is 0 Å². The van der Waals surface area contributed by atoms with Gasteiger partial charge >= 0.3 is 0 Å². The molecule has 0 aromatic heterocycles. The molecule has 0 spiro atoms. The molecule has 0 aliphatic carbocycles. The first-order chi connectivity index (χ1) is 9.74. The molecule has 0 bridgehead atoms. The monoisotopic (exact) mass is 258 g/mol. The Morgan fingerprint density at radius 3 is 2.00 bits per heavy atom. The third-order valence-electron chi connectivity index (χ3n) is 3.66. The van der Waals surface area contributed by atoms with Crippen LogP contribution < -0.4 is 0 Å². The fourth-order valence-electron chi connectivity index (χ4n) is 2.61. The van der Waals surface area contributed by atoms with Crippen molar-refractivity contribution in [2.24, 2.45) is 0 Å². The zero-order chi connectivity index (χ0) is 13.9. The van der Waals surface area contributed by atoms with Crippen LogP contribution in [0, 0.1) is 13.8 Å². The summed E-state index contributed by atoms with van der Waals surface area (Å²) in [4.78, 5) is 0. The number of aryl methyl sites for hydroxylation is 2. The molecule has 0 N–H and O–H groups in total. The molecule has 0 heterocycles. The van der Waals surface area contributed by atoms with Crippen molar-refractivity contribution in [3.8, 4) is 22.3 Å². The summed E-state index contributed by atoms with van der Waals surface area (Å²) in [5.74, 6) is 0. The Hall–Kier alpha value is -2.34. The van der Waals surface area contributed by atoms with E-state index >= 15 is 0 Å². The Kier molecular flexibility index (Phi) is 3.39. The first-order valence-corrected chi connectivity index (χ1v) is 6.97. The topological polar surface area (TPSA) is 0 Å².